The Kier molecular flexibility index (Phi) is 4.78. The third-order valence-electron chi connectivity index (χ3n) is 2.17. The Balaban J connectivity index is 1.95. The van der Waals surface area contributed by atoms with Crippen LogP contribution in [0.4, 0.5) is 0 Å². The van der Waals surface area contributed by atoms with E-state index in [-0.39, 0.29) is 5.91 Å². The summed E-state index contributed by atoms with van der Waals surface area (Å²) in [6.07, 6.45) is 3.93. The number of hydrogen-bond donors (Lipinski definition) is 1. The molecule has 0 aromatic heterocycles. The predicted octanol–water partition coefficient (Wildman–Crippen LogP) is 0.540. The Morgan fingerprint density at radius 3 is 2.69 bits per heavy atom. The highest BCUT2D eigenvalue weighted by Crippen LogP contribution is 2.07. The number of rotatable bonds is 4. The number of nitrogens with zero attached hydrogens (tertiary/aromatic N) is 1. The van der Waals surface area contributed by atoms with Crippen molar-refractivity contribution in [3.63, 3.8) is 0 Å². The zero-order valence-corrected chi connectivity index (χ0v) is 8.21. The summed E-state index contributed by atoms with van der Waals surface area (Å²) in [6, 6.07) is 0. The van der Waals surface area contributed by atoms with Crippen LogP contribution in [-0.4, -0.2) is 37.0 Å². The number of hydrogen-bond acceptors (Lipinski definition) is 3. The van der Waals surface area contributed by atoms with Gasteiger partial charge in [0.1, 0.15) is 0 Å². The molecule has 0 aromatic carbocycles. The molecule has 0 spiro atoms. The minimum absolute atomic E-state index is 0.140. The van der Waals surface area contributed by atoms with Crippen LogP contribution in [0.2, 0.25) is 0 Å². The average Bonchev–Trinajstić information content (AvgIpc) is 2.14. The average molecular weight is 186 g/mol. The van der Waals surface area contributed by atoms with E-state index in [1.165, 1.54) is 39.3 Å². The lowest BCUT2D eigenvalue weighted by molar-refractivity contribution is -0.131. The molecule has 1 saturated heterocycles. The first kappa shape index (κ1) is 10.5. The molecule has 0 saturated carbocycles. The van der Waals surface area contributed by atoms with Gasteiger partial charge in [0.2, 0.25) is 5.91 Å². The van der Waals surface area contributed by atoms with Crippen LogP contribution < -0.4 is 5.48 Å². The molecular weight excluding hydrogens is 168 g/mol. The number of amides is 1. The van der Waals surface area contributed by atoms with Crippen LogP contribution in [0.3, 0.4) is 0 Å². The largest absolute Gasteiger partial charge is 0.301 e. The Labute approximate surface area is 79.2 Å². The second-order valence-electron chi connectivity index (χ2n) is 3.41. The molecule has 0 aliphatic carbocycles. The molecule has 1 rings (SSSR count). The van der Waals surface area contributed by atoms with Crippen molar-refractivity contribution in [3.05, 3.63) is 0 Å². The van der Waals surface area contributed by atoms with Gasteiger partial charge in [0.05, 0.1) is 6.61 Å². The second-order valence-corrected chi connectivity index (χ2v) is 3.41. The minimum Gasteiger partial charge on any atom is -0.301 e. The molecule has 0 atom stereocenters. The molecule has 4 heteroatoms. The van der Waals surface area contributed by atoms with Gasteiger partial charge in [0, 0.05) is 13.5 Å². The number of likely N-dealkylation sites (tertiary alicyclic amines) is 1. The van der Waals surface area contributed by atoms with E-state index in [2.05, 4.69) is 10.4 Å². The smallest absolute Gasteiger partial charge is 0.240 e. The van der Waals surface area contributed by atoms with Crippen molar-refractivity contribution < 1.29 is 9.63 Å². The highest BCUT2D eigenvalue weighted by atomic mass is 16.6. The van der Waals surface area contributed by atoms with Crippen LogP contribution in [0.25, 0.3) is 0 Å². The molecule has 0 unspecified atom stereocenters. The fraction of sp³-hybridized carbons (Fsp3) is 0.889. The number of carbonyl (C=O) groups excluding carboxylic acids is 1. The summed E-state index contributed by atoms with van der Waals surface area (Å²) in [4.78, 5) is 17.8. The number of nitrogens with one attached hydrogen (secondary N) is 1. The van der Waals surface area contributed by atoms with Gasteiger partial charge in [-0.1, -0.05) is 6.42 Å². The van der Waals surface area contributed by atoms with Gasteiger partial charge in [-0.25, -0.2) is 5.48 Å². The van der Waals surface area contributed by atoms with E-state index in [9.17, 15) is 4.79 Å². The summed E-state index contributed by atoms with van der Waals surface area (Å²) in [5.74, 6) is -0.140. The fourth-order valence-corrected chi connectivity index (χ4v) is 1.51. The van der Waals surface area contributed by atoms with Crippen molar-refractivity contribution in [2.45, 2.75) is 26.2 Å². The maximum atomic E-state index is 10.4. The molecule has 1 aliphatic heterocycles. The Morgan fingerprint density at radius 1 is 1.38 bits per heavy atom. The second kappa shape index (κ2) is 5.94. The zero-order chi connectivity index (χ0) is 9.52. The standard InChI is InChI=1S/C9H18N2O2/c1-9(12)10-13-8-7-11-5-3-2-4-6-11/h2-8H2,1H3,(H,10,12). The van der Waals surface area contributed by atoms with Gasteiger partial charge in [0.25, 0.3) is 0 Å². The molecule has 1 N–H and O–H groups in total. The highest BCUT2D eigenvalue weighted by Gasteiger charge is 2.08. The van der Waals surface area contributed by atoms with Crippen LogP contribution in [0.5, 0.6) is 0 Å². The van der Waals surface area contributed by atoms with Crippen LogP contribution in [0.1, 0.15) is 26.2 Å². The summed E-state index contributed by atoms with van der Waals surface area (Å²) in [7, 11) is 0. The molecule has 0 aromatic rings. The van der Waals surface area contributed by atoms with E-state index >= 15 is 0 Å². The van der Waals surface area contributed by atoms with Crippen molar-refractivity contribution in [3.8, 4) is 0 Å². The lowest BCUT2D eigenvalue weighted by atomic mass is 10.1. The molecule has 1 heterocycles. The lowest BCUT2D eigenvalue weighted by Crippen LogP contribution is -2.34. The summed E-state index contributed by atoms with van der Waals surface area (Å²) in [5.41, 5.74) is 2.32. The number of piperidine rings is 1. The van der Waals surface area contributed by atoms with E-state index in [1.54, 1.807) is 0 Å². The van der Waals surface area contributed by atoms with Crippen molar-refractivity contribution >= 4 is 5.91 Å². The SMILES string of the molecule is CC(=O)NOCCN1CCCCC1. The van der Waals surface area contributed by atoms with Crippen molar-refractivity contribution in [1.82, 2.24) is 10.4 Å². The topological polar surface area (TPSA) is 41.6 Å². The van der Waals surface area contributed by atoms with E-state index in [0.29, 0.717) is 6.61 Å². The summed E-state index contributed by atoms with van der Waals surface area (Å²) in [5, 5.41) is 0. The highest BCUT2D eigenvalue weighted by molar-refractivity contribution is 5.71. The van der Waals surface area contributed by atoms with Crippen LogP contribution in [0, 0.1) is 0 Å². The molecule has 1 aliphatic rings. The van der Waals surface area contributed by atoms with Crippen LogP contribution >= 0.6 is 0 Å². The van der Waals surface area contributed by atoms with Gasteiger partial charge in [-0.3, -0.25) is 9.63 Å². The molecule has 76 valence electrons. The maximum Gasteiger partial charge on any atom is 0.240 e. The Hall–Kier alpha value is -0.610. The number of hydroxylamine groups is 1. The van der Waals surface area contributed by atoms with Gasteiger partial charge >= 0.3 is 0 Å². The summed E-state index contributed by atoms with van der Waals surface area (Å²) in [6.45, 7) is 5.29. The minimum atomic E-state index is -0.140. The Morgan fingerprint density at radius 2 is 2.08 bits per heavy atom. The van der Waals surface area contributed by atoms with Gasteiger partial charge in [-0.15, -0.1) is 0 Å². The Bertz CT molecular complexity index is 156. The molecule has 0 radical (unpaired) electrons. The van der Waals surface area contributed by atoms with E-state index in [1.807, 2.05) is 0 Å². The molecular formula is C9H18N2O2. The first-order valence-electron chi connectivity index (χ1n) is 4.90. The van der Waals surface area contributed by atoms with Crippen molar-refractivity contribution in [2.75, 3.05) is 26.2 Å². The maximum absolute atomic E-state index is 10.4. The third-order valence-corrected chi connectivity index (χ3v) is 2.17. The normalized spacial score (nSPS) is 18.5. The van der Waals surface area contributed by atoms with E-state index < -0.39 is 0 Å². The molecule has 4 nitrogen and oxygen atoms in total. The fourth-order valence-electron chi connectivity index (χ4n) is 1.51. The first-order valence-corrected chi connectivity index (χ1v) is 4.90. The van der Waals surface area contributed by atoms with Gasteiger partial charge < -0.3 is 4.90 Å². The van der Waals surface area contributed by atoms with E-state index in [0.717, 1.165) is 6.54 Å². The molecule has 1 fully saturated rings. The predicted molar refractivity (Wildman–Crippen MR) is 50.1 cm³/mol. The summed E-state index contributed by atoms with van der Waals surface area (Å²) < 4.78 is 0. The monoisotopic (exact) mass is 186 g/mol. The molecule has 13 heavy (non-hydrogen) atoms. The lowest BCUT2D eigenvalue weighted by Gasteiger charge is -2.25. The van der Waals surface area contributed by atoms with Crippen LogP contribution in [0.15, 0.2) is 0 Å². The van der Waals surface area contributed by atoms with Crippen LogP contribution in [-0.2, 0) is 9.63 Å². The van der Waals surface area contributed by atoms with Gasteiger partial charge in [0.15, 0.2) is 0 Å². The number of carbonyl (C=O) groups is 1. The summed E-state index contributed by atoms with van der Waals surface area (Å²) >= 11 is 0. The first-order chi connectivity index (χ1) is 6.29. The molecule has 0 bridgehead atoms. The molecule has 1 amide bonds. The van der Waals surface area contributed by atoms with E-state index in [4.69, 9.17) is 4.84 Å². The van der Waals surface area contributed by atoms with Gasteiger partial charge in [-0.2, -0.15) is 0 Å². The zero-order valence-electron chi connectivity index (χ0n) is 8.21. The van der Waals surface area contributed by atoms with Gasteiger partial charge in [-0.05, 0) is 25.9 Å². The third kappa shape index (κ3) is 4.85. The quantitative estimate of drug-likeness (QED) is 0.514. The van der Waals surface area contributed by atoms with Crippen molar-refractivity contribution in [2.24, 2.45) is 0 Å². The van der Waals surface area contributed by atoms with Crippen molar-refractivity contribution in [1.29, 1.82) is 0 Å².